The summed E-state index contributed by atoms with van der Waals surface area (Å²) < 4.78 is 38.6. The van der Waals surface area contributed by atoms with Crippen LogP contribution in [0.2, 0.25) is 0 Å². The van der Waals surface area contributed by atoms with Gasteiger partial charge in [0.15, 0.2) is 0 Å². The molecule has 0 fully saturated rings. The van der Waals surface area contributed by atoms with Crippen molar-refractivity contribution < 1.29 is 23.0 Å². The van der Waals surface area contributed by atoms with Crippen molar-refractivity contribution in [3.63, 3.8) is 0 Å². The average molecular weight is 472 g/mol. The number of hydrogen-bond donors (Lipinski definition) is 0. The summed E-state index contributed by atoms with van der Waals surface area (Å²) >= 11 is 0. The van der Waals surface area contributed by atoms with Gasteiger partial charge in [0.1, 0.15) is 34.7 Å². The average Bonchev–Trinajstić information content (AvgIpc) is 2.85. The van der Waals surface area contributed by atoms with Crippen LogP contribution in [0.15, 0.2) is 66.9 Å². The largest absolute Gasteiger partial charge is 0.505 e. The van der Waals surface area contributed by atoms with E-state index >= 15 is 0 Å². The number of nitrogens with zero attached hydrogens (tertiary/aromatic N) is 2. The van der Waals surface area contributed by atoms with Crippen LogP contribution in [-0.4, -0.2) is 17.4 Å². The predicted molar refractivity (Wildman–Crippen MR) is 129 cm³/mol. The Labute approximate surface area is 201 Å². The van der Waals surface area contributed by atoms with Gasteiger partial charge in [0.2, 0.25) is 5.69 Å². The Bertz CT molecular complexity index is 1410. The van der Waals surface area contributed by atoms with Gasteiger partial charge in [-0.15, -0.1) is 0 Å². The molecule has 0 unspecified atom stereocenters. The first-order valence-corrected chi connectivity index (χ1v) is 11.1. The Morgan fingerprint density at radius 1 is 1.00 bits per heavy atom. The molecule has 5 nitrogen and oxygen atoms in total. The van der Waals surface area contributed by atoms with Crippen LogP contribution < -0.4 is 9.47 Å². The van der Waals surface area contributed by atoms with Crippen LogP contribution in [0.25, 0.3) is 15.7 Å². The number of ketones is 1. The molecule has 3 aromatic carbocycles. The van der Waals surface area contributed by atoms with Crippen molar-refractivity contribution in [2.45, 2.75) is 26.2 Å². The van der Waals surface area contributed by atoms with Crippen molar-refractivity contribution >= 4 is 22.4 Å². The van der Waals surface area contributed by atoms with E-state index in [1.807, 2.05) is 6.92 Å². The van der Waals surface area contributed by atoms with E-state index in [0.717, 1.165) is 24.1 Å². The molecular weight excluding hydrogens is 450 g/mol. The van der Waals surface area contributed by atoms with Gasteiger partial charge in [-0.1, -0.05) is 25.1 Å². The molecule has 0 spiro atoms. The summed E-state index contributed by atoms with van der Waals surface area (Å²) in [7, 11) is 0. The number of hydrogen-bond acceptors (Lipinski definition) is 4. The first kappa shape index (κ1) is 23.8. The molecule has 0 saturated carbocycles. The van der Waals surface area contributed by atoms with Crippen molar-refractivity contribution in [2.24, 2.45) is 0 Å². The van der Waals surface area contributed by atoms with E-state index < -0.39 is 11.6 Å². The Morgan fingerprint density at radius 3 is 2.51 bits per heavy atom. The standard InChI is InChI=1S/C28H22F2N2O3/c1-3-12-34-28-17-25-23(16-26(28)31-2)27(10-11-32-25)35-22-8-4-18(5-9-22)13-21(33)14-19-6-7-20(29)15-24(19)30/h4-11,15-17H,3,12-14H2,1H3. The van der Waals surface area contributed by atoms with Gasteiger partial charge in [-0.25, -0.2) is 13.6 Å². The lowest BCUT2D eigenvalue weighted by atomic mass is 10.0. The molecule has 0 aliphatic rings. The molecule has 0 saturated heterocycles. The number of pyridine rings is 1. The van der Waals surface area contributed by atoms with Crippen LogP contribution >= 0.6 is 0 Å². The van der Waals surface area contributed by atoms with Crippen LogP contribution in [-0.2, 0) is 17.6 Å². The minimum Gasteiger partial charge on any atom is -0.505 e. The second kappa shape index (κ2) is 10.7. The molecule has 0 aliphatic carbocycles. The monoisotopic (exact) mass is 472 g/mol. The summed E-state index contributed by atoms with van der Waals surface area (Å²) in [5.41, 5.74) is 1.95. The Morgan fingerprint density at radius 2 is 1.80 bits per heavy atom. The smallest absolute Gasteiger partial charge is 0.229 e. The fourth-order valence-electron chi connectivity index (χ4n) is 3.61. The Kier molecular flexibility index (Phi) is 7.32. The van der Waals surface area contributed by atoms with Gasteiger partial charge >= 0.3 is 0 Å². The highest BCUT2D eigenvalue weighted by Crippen LogP contribution is 2.37. The van der Waals surface area contributed by atoms with E-state index in [2.05, 4.69) is 9.83 Å². The first-order chi connectivity index (χ1) is 17.0. The molecule has 0 aliphatic heterocycles. The number of rotatable bonds is 9. The topological polar surface area (TPSA) is 52.8 Å². The zero-order chi connectivity index (χ0) is 24.8. The van der Waals surface area contributed by atoms with Gasteiger partial charge < -0.3 is 9.47 Å². The van der Waals surface area contributed by atoms with E-state index in [0.29, 0.717) is 40.4 Å². The molecule has 1 aromatic heterocycles. The number of aromatic nitrogens is 1. The summed E-state index contributed by atoms with van der Waals surface area (Å²) in [6, 6.07) is 15.4. The van der Waals surface area contributed by atoms with Crippen molar-refractivity contribution in [3.8, 4) is 17.2 Å². The third kappa shape index (κ3) is 5.79. The normalized spacial score (nSPS) is 10.7. The predicted octanol–water partition coefficient (Wildman–Crippen LogP) is 7.00. The van der Waals surface area contributed by atoms with Gasteiger partial charge in [-0.2, -0.15) is 0 Å². The van der Waals surface area contributed by atoms with E-state index in [1.165, 1.54) is 6.07 Å². The van der Waals surface area contributed by atoms with Gasteiger partial charge in [0, 0.05) is 30.5 Å². The number of fused-ring (bicyclic) bond motifs is 1. The Balaban J connectivity index is 1.47. The highest BCUT2D eigenvalue weighted by Gasteiger charge is 2.13. The molecule has 0 radical (unpaired) electrons. The summed E-state index contributed by atoms with van der Waals surface area (Å²) in [5, 5.41) is 0.683. The van der Waals surface area contributed by atoms with E-state index in [4.69, 9.17) is 16.0 Å². The molecule has 0 N–H and O–H groups in total. The lowest BCUT2D eigenvalue weighted by molar-refractivity contribution is -0.117. The van der Waals surface area contributed by atoms with Gasteiger partial charge in [0.05, 0.1) is 18.7 Å². The minimum absolute atomic E-state index is 0.110. The molecule has 0 bridgehead atoms. The first-order valence-electron chi connectivity index (χ1n) is 11.1. The maximum Gasteiger partial charge on any atom is 0.229 e. The molecule has 0 atom stereocenters. The van der Waals surface area contributed by atoms with Crippen molar-refractivity contribution in [2.75, 3.05) is 6.61 Å². The van der Waals surface area contributed by atoms with Crippen LogP contribution in [0.5, 0.6) is 17.2 Å². The third-order valence-electron chi connectivity index (χ3n) is 5.32. The third-order valence-corrected chi connectivity index (χ3v) is 5.32. The minimum atomic E-state index is -0.725. The van der Waals surface area contributed by atoms with E-state index in [-0.39, 0.29) is 24.2 Å². The van der Waals surface area contributed by atoms with Crippen molar-refractivity contribution in [3.05, 3.63) is 101 Å². The van der Waals surface area contributed by atoms with Gasteiger partial charge in [-0.3, -0.25) is 9.78 Å². The number of carbonyl (C=O) groups excluding carboxylic acids is 1. The summed E-state index contributed by atoms with van der Waals surface area (Å²) in [5.74, 6) is 0.000976. The zero-order valence-corrected chi connectivity index (χ0v) is 19.1. The van der Waals surface area contributed by atoms with Gasteiger partial charge in [-0.05, 0) is 53.9 Å². The molecule has 1 heterocycles. The number of carbonyl (C=O) groups is 1. The van der Waals surface area contributed by atoms with Crippen LogP contribution in [0, 0.1) is 18.2 Å². The lowest BCUT2D eigenvalue weighted by Gasteiger charge is -2.12. The second-order valence-electron chi connectivity index (χ2n) is 7.98. The number of ether oxygens (including phenoxy) is 2. The van der Waals surface area contributed by atoms with Crippen LogP contribution in [0.1, 0.15) is 24.5 Å². The molecule has 4 aromatic rings. The fourth-order valence-corrected chi connectivity index (χ4v) is 3.61. The molecule has 0 amide bonds. The second-order valence-corrected chi connectivity index (χ2v) is 7.98. The number of Topliss-reactive ketones (excluding diaryl/α,β-unsaturated/α-hetero) is 1. The van der Waals surface area contributed by atoms with Gasteiger partial charge in [0.25, 0.3) is 0 Å². The highest BCUT2D eigenvalue weighted by molar-refractivity contribution is 5.91. The quantitative estimate of drug-likeness (QED) is 0.246. The summed E-state index contributed by atoms with van der Waals surface area (Å²) in [6.07, 6.45) is 2.46. The highest BCUT2D eigenvalue weighted by atomic mass is 19.1. The van der Waals surface area contributed by atoms with E-state index in [1.54, 1.807) is 48.7 Å². The van der Waals surface area contributed by atoms with Crippen LogP contribution in [0.4, 0.5) is 14.5 Å². The number of halogens is 2. The lowest BCUT2D eigenvalue weighted by Crippen LogP contribution is -2.08. The van der Waals surface area contributed by atoms with E-state index in [9.17, 15) is 13.6 Å². The van der Waals surface area contributed by atoms with Crippen molar-refractivity contribution in [1.82, 2.24) is 4.98 Å². The molecule has 4 rings (SSSR count). The maximum atomic E-state index is 13.8. The molecule has 35 heavy (non-hydrogen) atoms. The molecule has 176 valence electrons. The fraction of sp³-hybridized carbons (Fsp3) is 0.179. The zero-order valence-electron chi connectivity index (χ0n) is 19.1. The van der Waals surface area contributed by atoms with Crippen molar-refractivity contribution in [1.29, 1.82) is 0 Å². The number of benzene rings is 3. The molecular formula is C28H22F2N2O3. The SMILES string of the molecule is [C-]#[N+]c1cc2c(Oc3ccc(CC(=O)Cc4ccc(F)cc4F)cc3)ccnc2cc1OCCC. The molecule has 7 heteroatoms. The maximum absolute atomic E-state index is 13.8. The summed E-state index contributed by atoms with van der Waals surface area (Å²) in [6.45, 7) is 9.98. The summed E-state index contributed by atoms with van der Waals surface area (Å²) in [4.78, 5) is 20.3. The Hall–Kier alpha value is -4.31. The van der Waals surface area contributed by atoms with Crippen LogP contribution in [0.3, 0.4) is 0 Å².